The van der Waals surface area contributed by atoms with Crippen LogP contribution in [0.25, 0.3) is 0 Å². The molecule has 0 amide bonds. The molecule has 0 aliphatic carbocycles. The summed E-state index contributed by atoms with van der Waals surface area (Å²) in [5.74, 6) is 0. The molecule has 1 N–H and O–H groups in total. The summed E-state index contributed by atoms with van der Waals surface area (Å²) in [7, 11) is 0. The molecule has 0 saturated carbocycles. The van der Waals surface area contributed by atoms with Crippen molar-refractivity contribution in [3.63, 3.8) is 0 Å². The van der Waals surface area contributed by atoms with Crippen LogP contribution in [0.15, 0.2) is 36.7 Å². The van der Waals surface area contributed by atoms with Gasteiger partial charge in [-0.2, -0.15) is 5.10 Å². The van der Waals surface area contributed by atoms with Gasteiger partial charge in [0, 0.05) is 24.5 Å². The number of nitro benzene ring substituents is 1. The molecule has 6 nitrogen and oxygen atoms in total. The monoisotopic (exact) mass is 260 g/mol. The van der Waals surface area contributed by atoms with Gasteiger partial charge in [-0.05, 0) is 31.5 Å². The van der Waals surface area contributed by atoms with Gasteiger partial charge in [-0.25, -0.2) is 0 Å². The lowest BCUT2D eigenvalue weighted by Crippen LogP contribution is -2.22. The second kappa shape index (κ2) is 5.51. The van der Waals surface area contributed by atoms with E-state index in [0.717, 1.165) is 5.56 Å². The van der Waals surface area contributed by atoms with Crippen LogP contribution in [-0.2, 0) is 6.54 Å². The lowest BCUT2D eigenvalue weighted by molar-refractivity contribution is -0.384. The molecule has 0 spiro atoms. The molecule has 0 radical (unpaired) electrons. The highest BCUT2D eigenvalue weighted by molar-refractivity contribution is 5.62. The van der Waals surface area contributed by atoms with Crippen LogP contribution in [0.4, 0.5) is 11.4 Å². The Morgan fingerprint density at radius 1 is 1.53 bits per heavy atom. The van der Waals surface area contributed by atoms with Gasteiger partial charge in [-0.1, -0.05) is 6.07 Å². The third kappa shape index (κ3) is 3.31. The van der Waals surface area contributed by atoms with Crippen molar-refractivity contribution in [1.29, 1.82) is 0 Å². The molecule has 19 heavy (non-hydrogen) atoms. The minimum atomic E-state index is -0.365. The van der Waals surface area contributed by atoms with E-state index in [2.05, 4.69) is 10.4 Å². The number of hydrogen-bond donors (Lipinski definition) is 1. The molecule has 1 atom stereocenters. The van der Waals surface area contributed by atoms with E-state index in [1.54, 1.807) is 23.0 Å². The molecule has 0 aliphatic rings. The standard InChI is InChI=1S/C13H16N4O2/c1-10-4-5-12(13(8-10)17(18)19)15-11(2)9-16-7-3-6-14-16/h3-8,11,15H,9H2,1-2H3. The third-order valence-corrected chi connectivity index (χ3v) is 2.77. The molecule has 0 saturated heterocycles. The maximum atomic E-state index is 11.0. The molecule has 1 heterocycles. The Morgan fingerprint density at radius 2 is 2.32 bits per heavy atom. The lowest BCUT2D eigenvalue weighted by atomic mass is 10.2. The number of nitrogens with one attached hydrogen (secondary N) is 1. The molecule has 2 rings (SSSR count). The smallest absolute Gasteiger partial charge is 0.292 e. The van der Waals surface area contributed by atoms with E-state index >= 15 is 0 Å². The summed E-state index contributed by atoms with van der Waals surface area (Å²) < 4.78 is 1.79. The number of hydrogen-bond acceptors (Lipinski definition) is 4. The van der Waals surface area contributed by atoms with E-state index in [4.69, 9.17) is 0 Å². The van der Waals surface area contributed by atoms with Crippen molar-refractivity contribution in [2.75, 3.05) is 5.32 Å². The molecule has 0 bridgehead atoms. The topological polar surface area (TPSA) is 73.0 Å². The molecular weight excluding hydrogens is 244 g/mol. The van der Waals surface area contributed by atoms with Gasteiger partial charge in [0.05, 0.1) is 11.5 Å². The number of aromatic nitrogens is 2. The summed E-state index contributed by atoms with van der Waals surface area (Å²) in [5.41, 5.74) is 1.51. The Kier molecular flexibility index (Phi) is 3.79. The number of aryl methyl sites for hydroxylation is 1. The first-order valence-corrected chi connectivity index (χ1v) is 6.05. The molecule has 1 aromatic heterocycles. The SMILES string of the molecule is Cc1ccc(NC(C)Cn2cccn2)c([N+](=O)[O-])c1. The summed E-state index contributed by atoms with van der Waals surface area (Å²) in [5, 5.41) is 18.3. The highest BCUT2D eigenvalue weighted by Crippen LogP contribution is 2.25. The predicted molar refractivity (Wildman–Crippen MR) is 73.1 cm³/mol. The van der Waals surface area contributed by atoms with Crippen LogP contribution in [0.1, 0.15) is 12.5 Å². The van der Waals surface area contributed by atoms with Crippen LogP contribution < -0.4 is 5.32 Å². The van der Waals surface area contributed by atoms with E-state index in [0.29, 0.717) is 12.2 Å². The van der Waals surface area contributed by atoms with Crippen LogP contribution in [0.5, 0.6) is 0 Å². The quantitative estimate of drug-likeness (QED) is 0.662. The van der Waals surface area contributed by atoms with Crippen molar-refractivity contribution in [3.8, 4) is 0 Å². The summed E-state index contributed by atoms with van der Waals surface area (Å²) in [4.78, 5) is 10.7. The Hall–Kier alpha value is -2.37. The first kappa shape index (κ1) is 13.1. The molecule has 1 unspecified atom stereocenters. The van der Waals surface area contributed by atoms with E-state index in [-0.39, 0.29) is 16.7 Å². The zero-order chi connectivity index (χ0) is 13.8. The molecule has 6 heteroatoms. The fourth-order valence-electron chi connectivity index (χ4n) is 1.91. The zero-order valence-corrected chi connectivity index (χ0v) is 10.9. The second-order valence-electron chi connectivity index (χ2n) is 4.55. The van der Waals surface area contributed by atoms with Crippen LogP contribution in [0.2, 0.25) is 0 Å². The van der Waals surface area contributed by atoms with Crippen molar-refractivity contribution in [2.45, 2.75) is 26.4 Å². The van der Waals surface area contributed by atoms with Crippen molar-refractivity contribution in [2.24, 2.45) is 0 Å². The van der Waals surface area contributed by atoms with Gasteiger partial charge in [-0.3, -0.25) is 14.8 Å². The zero-order valence-electron chi connectivity index (χ0n) is 10.9. The van der Waals surface area contributed by atoms with Gasteiger partial charge in [-0.15, -0.1) is 0 Å². The maximum Gasteiger partial charge on any atom is 0.292 e. The lowest BCUT2D eigenvalue weighted by Gasteiger charge is -2.15. The summed E-state index contributed by atoms with van der Waals surface area (Å²) >= 11 is 0. The second-order valence-corrected chi connectivity index (χ2v) is 4.55. The summed E-state index contributed by atoms with van der Waals surface area (Å²) in [6, 6.07) is 7.06. The maximum absolute atomic E-state index is 11.0. The van der Waals surface area contributed by atoms with Crippen molar-refractivity contribution in [1.82, 2.24) is 9.78 Å². The number of benzene rings is 1. The Morgan fingerprint density at radius 3 is 2.95 bits per heavy atom. The molecule has 2 aromatic rings. The Bertz CT molecular complexity index is 566. The molecule has 0 aliphatic heterocycles. The largest absolute Gasteiger partial charge is 0.375 e. The van der Waals surface area contributed by atoms with Crippen LogP contribution in [0, 0.1) is 17.0 Å². The molecule has 0 fully saturated rings. The highest BCUT2D eigenvalue weighted by Gasteiger charge is 2.15. The summed E-state index contributed by atoms with van der Waals surface area (Å²) in [6.07, 6.45) is 3.57. The number of nitro groups is 1. The van der Waals surface area contributed by atoms with E-state index in [1.165, 1.54) is 0 Å². The van der Waals surface area contributed by atoms with Gasteiger partial charge in [0.25, 0.3) is 5.69 Å². The minimum absolute atomic E-state index is 0.0429. The van der Waals surface area contributed by atoms with Crippen LogP contribution in [0.3, 0.4) is 0 Å². The van der Waals surface area contributed by atoms with Gasteiger partial charge < -0.3 is 5.32 Å². The summed E-state index contributed by atoms with van der Waals surface area (Å²) in [6.45, 7) is 4.45. The molecular formula is C13H16N4O2. The number of anilines is 1. The number of nitrogens with zero attached hydrogens (tertiary/aromatic N) is 3. The van der Waals surface area contributed by atoms with Gasteiger partial charge >= 0.3 is 0 Å². The third-order valence-electron chi connectivity index (χ3n) is 2.77. The van der Waals surface area contributed by atoms with Crippen molar-refractivity contribution in [3.05, 3.63) is 52.3 Å². The first-order chi connectivity index (χ1) is 9.06. The first-order valence-electron chi connectivity index (χ1n) is 6.05. The Labute approximate surface area is 111 Å². The fourth-order valence-corrected chi connectivity index (χ4v) is 1.91. The minimum Gasteiger partial charge on any atom is -0.375 e. The van der Waals surface area contributed by atoms with Crippen molar-refractivity contribution < 1.29 is 4.92 Å². The fraction of sp³-hybridized carbons (Fsp3) is 0.308. The van der Waals surface area contributed by atoms with Crippen LogP contribution in [-0.4, -0.2) is 20.7 Å². The average Bonchev–Trinajstić information content (AvgIpc) is 2.83. The Balaban J connectivity index is 2.12. The molecule has 100 valence electrons. The van der Waals surface area contributed by atoms with E-state index in [1.807, 2.05) is 32.2 Å². The highest BCUT2D eigenvalue weighted by atomic mass is 16.6. The predicted octanol–water partition coefficient (Wildman–Crippen LogP) is 2.60. The molecule has 1 aromatic carbocycles. The average molecular weight is 260 g/mol. The van der Waals surface area contributed by atoms with Gasteiger partial charge in [0.2, 0.25) is 0 Å². The van der Waals surface area contributed by atoms with Gasteiger partial charge in [0.1, 0.15) is 5.69 Å². The van der Waals surface area contributed by atoms with E-state index < -0.39 is 0 Å². The van der Waals surface area contributed by atoms with E-state index in [9.17, 15) is 10.1 Å². The van der Waals surface area contributed by atoms with Crippen molar-refractivity contribution >= 4 is 11.4 Å². The number of rotatable bonds is 5. The van der Waals surface area contributed by atoms with Crippen LogP contribution >= 0.6 is 0 Å². The van der Waals surface area contributed by atoms with Gasteiger partial charge in [0.15, 0.2) is 0 Å². The normalized spacial score (nSPS) is 12.1.